The first-order chi connectivity index (χ1) is 11.4. The molecule has 1 N–H and O–H groups in total. The third-order valence-electron chi connectivity index (χ3n) is 3.77. The second-order valence-electron chi connectivity index (χ2n) is 5.56. The molecule has 0 amide bonds. The lowest BCUT2D eigenvalue weighted by atomic mass is 10.3. The van der Waals surface area contributed by atoms with Gasteiger partial charge in [0.05, 0.1) is 4.90 Å². The summed E-state index contributed by atoms with van der Waals surface area (Å²) in [5.41, 5.74) is 3.68. The van der Waals surface area contributed by atoms with Gasteiger partial charge in [0, 0.05) is 27.2 Å². The van der Waals surface area contributed by atoms with Crippen LogP contribution < -0.4 is 4.72 Å². The van der Waals surface area contributed by atoms with Gasteiger partial charge in [-0.2, -0.15) is 0 Å². The molecule has 2 aromatic carbocycles. The highest BCUT2D eigenvalue weighted by Gasteiger charge is 2.14. The standard InChI is InChI=1S/C18H17BrN2O2S/c1-13-3-4-14(2)21(13)17-9-11-18(12-10-17)24(22,23)20-16-7-5-15(19)6-8-16/h3-12,20H,1-2H3. The Balaban J connectivity index is 1.88. The second-order valence-corrected chi connectivity index (χ2v) is 8.16. The van der Waals surface area contributed by atoms with E-state index >= 15 is 0 Å². The van der Waals surface area contributed by atoms with Crippen LogP contribution in [0.4, 0.5) is 5.69 Å². The van der Waals surface area contributed by atoms with E-state index in [1.807, 2.05) is 38.1 Å². The van der Waals surface area contributed by atoms with Crippen LogP contribution in [0.5, 0.6) is 0 Å². The first-order valence-electron chi connectivity index (χ1n) is 7.40. The van der Waals surface area contributed by atoms with E-state index in [4.69, 9.17) is 0 Å². The SMILES string of the molecule is Cc1ccc(C)n1-c1ccc(S(=O)(=O)Nc2ccc(Br)cc2)cc1. The quantitative estimate of drug-likeness (QED) is 0.687. The zero-order valence-electron chi connectivity index (χ0n) is 13.3. The molecule has 0 saturated heterocycles. The van der Waals surface area contributed by atoms with Gasteiger partial charge >= 0.3 is 0 Å². The van der Waals surface area contributed by atoms with Crippen LogP contribution in [0.1, 0.15) is 11.4 Å². The number of aromatic nitrogens is 1. The average Bonchev–Trinajstić information content (AvgIpc) is 2.88. The number of anilines is 1. The molecule has 0 unspecified atom stereocenters. The molecule has 0 atom stereocenters. The van der Waals surface area contributed by atoms with Gasteiger partial charge in [0.2, 0.25) is 0 Å². The summed E-state index contributed by atoms with van der Waals surface area (Å²) in [5, 5.41) is 0. The van der Waals surface area contributed by atoms with Gasteiger partial charge in [-0.1, -0.05) is 15.9 Å². The molecule has 4 nitrogen and oxygen atoms in total. The van der Waals surface area contributed by atoms with Gasteiger partial charge < -0.3 is 4.57 Å². The number of hydrogen-bond acceptors (Lipinski definition) is 2. The van der Waals surface area contributed by atoms with E-state index in [0.29, 0.717) is 5.69 Å². The summed E-state index contributed by atoms with van der Waals surface area (Å²) < 4.78 is 30.5. The van der Waals surface area contributed by atoms with Crippen LogP contribution in [0.25, 0.3) is 5.69 Å². The number of nitrogens with one attached hydrogen (secondary N) is 1. The van der Waals surface area contributed by atoms with Crippen molar-refractivity contribution in [2.24, 2.45) is 0 Å². The van der Waals surface area contributed by atoms with E-state index in [2.05, 4.69) is 25.2 Å². The Labute approximate surface area is 150 Å². The Morgan fingerprint density at radius 3 is 1.92 bits per heavy atom. The number of sulfonamides is 1. The van der Waals surface area contributed by atoms with Gasteiger partial charge in [-0.15, -0.1) is 0 Å². The van der Waals surface area contributed by atoms with E-state index in [1.165, 1.54) is 0 Å². The van der Waals surface area contributed by atoms with Gasteiger partial charge in [-0.05, 0) is 74.5 Å². The van der Waals surface area contributed by atoms with E-state index in [1.54, 1.807) is 36.4 Å². The average molecular weight is 405 g/mol. The third kappa shape index (κ3) is 3.39. The maximum Gasteiger partial charge on any atom is 0.261 e. The van der Waals surface area contributed by atoms with Crippen LogP contribution in [0, 0.1) is 13.8 Å². The number of hydrogen-bond donors (Lipinski definition) is 1. The predicted molar refractivity (Wildman–Crippen MR) is 100 cm³/mol. The van der Waals surface area contributed by atoms with Gasteiger partial charge in [0.25, 0.3) is 10.0 Å². The van der Waals surface area contributed by atoms with E-state index in [9.17, 15) is 8.42 Å². The molecule has 124 valence electrons. The number of rotatable bonds is 4. The zero-order chi connectivity index (χ0) is 17.3. The van der Waals surface area contributed by atoms with Crippen LogP contribution >= 0.6 is 15.9 Å². The van der Waals surface area contributed by atoms with Crippen molar-refractivity contribution in [1.82, 2.24) is 4.57 Å². The van der Waals surface area contributed by atoms with Crippen LogP contribution in [0.2, 0.25) is 0 Å². The smallest absolute Gasteiger partial charge is 0.261 e. The Kier molecular flexibility index (Phi) is 4.51. The van der Waals surface area contributed by atoms with Gasteiger partial charge in [0.1, 0.15) is 0 Å². The van der Waals surface area contributed by atoms with Crippen LogP contribution in [0.15, 0.2) is 70.0 Å². The van der Waals surface area contributed by atoms with Gasteiger partial charge in [0.15, 0.2) is 0 Å². The Morgan fingerprint density at radius 2 is 1.38 bits per heavy atom. The molecular formula is C18H17BrN2O2S. The minimum Gasteiger partial charge on any atom is -0.319 e. The van der Waals surface area contributed by atoms with Gasteiger partial charge in [-0.25, -0.2) is 8.42 Å². The summed E-state index contributed by atoms with van der Waals surface area (Å²) >= 11 is 3.33. The fourth-order valence-electron chi connectivity index (χ4n) is 2.58. The van der Waals surface area contributed by atoms with Crippen LogP contribution in [-0.2, 0) is 10.0 Å². The maximum atomic E-state index is 12.5. The molecule has 3 aromatic rings. The lowest BCUT2D eigenvalue weighted by Crippen LogP contribution is -2.13. The summed E-state index contributed by atoms with van der Waals surface area (Å²) in [6, 6.07) is 17.9. The largest absolute Gasteiger partial charge is 0.319 e. The van der Waals surface area contributed by atoms with Crippen molar-refractivity contribution in [3.05, 3.63) is 76.5 Å². The summed E-state index contributed by atoms with van der Waals surface area (Å²) in [7, 11) is -3.61. The highest BCUT2D eigenvalue weighted by molar-refractivity contribution is 9.10. The van der Waals surface area contributed by atoms with E-state index in [0.717, 1.165) is 21.5 Å². The fourth-order valence-corrected chi connectivity index (χ4v) is 3.91. The number of halogens is 1. The normalized spacial score (nSPS) is 11.5. The molecule has 0 radical (unpaired) electrons. The lowest BCUT2D eigenvalue weighted by Gasteiger charge is -2.11. The number of aryl methyl sites for hydroxylation is 2. The Hall–Kier alpha value is -2.05. The molecule has 3 rings (SSSR count). The molecule has 0 aliphatic heterocycles. The zero-order valence-corrected chi connectivity index (χ0v) is 15.7. The molecule has 6 heteroatoms. The van der Waals surface area contributed by atoms with Crippen molar-refractivity contribution >= 4 is 31.6 Å². The van der Waals surface area contributed by atoms with Gasteiger partial charge in [-0.3, -0.25) is 4.72 Å². The Morgan fingerprint density at radius 1 is 0.833 bits per heavy atom. The molecule has 0 fully saturated rings. The molecule has 0 aliphatic rings. The highest BCUT2D eigenvalue weighted by Crippen LogP contribution is 2.21. The van der Waals surface area contributed by atoms with Crippen molar-refractivity contribution < 1.29 is 8.42 Å². The molecule has 0 saturated carbocycles. The summed E-state index contributed by atoms with van der Waals surface area (Å²) in [6.07, 6.45) is 0. The molecule has 1 heterocycles. The molecular weight excluding hydrogens is 388 g/mol. The fraction of sp³-hybridized carbons (Fsp3) is 0.111. The minimum atomic E-state index is -3.61. The summed E-state index contributed by atoms with van der Waals surface area (Å²) in [5.74, 6) is 0. The Bertz CT molecular complexity index is 940. The van der Waals surface area contributed by atoms with Crippen LogP contribution in [0.3, 0.4) is 0 Å². The van der Waals surface area contributed by atoms with Crippen molar-refractivity contribution in [3.63, 3.8) is 0 Å². The number of nitrogens with zero attached hydrogens (tertiary/aromatic N) is 1. The van der Waals surface area contributed by atoms with E-state index in [-0.39, 0.29) is 4.90 Å². The summed E-state index contributed by atoms with van der Waals surface area (Å²) in [6.45, 7) is 4.04. The second kappa shape index (κ2) is 6.45. The molecule has 0 spiro atoms. The topological polar surface area (TPSA) is 51.1 Å². The minimum absolute atomic E-state index is 0.233. The molecule has 24 heavy (non-hydrogen) atoms. The van der Waals surface area contributed by atoms with Crippen molar-refractivity contribution in [3.8, 4) is 5.69 Å². The molecule has 0 bridgehead atoms. The maximum absolute atomic E-state index is 12.5. The molecule has 1 aromatic heterocycles. The van der Waals surface area contributed by atoms with E-state index < -0.39 is 10.0 Å². The van der Waals surface area contributed by atoms with Crippen molar-refractivity contribution in [1.29, 1.82) is 0 Å². The first kappa shape index (κ1) is 16.8. The third-order valence-corrected chi connectivity index (χ3v) is 5.70. The van der Waals surface area contributed by atoms with Crippen LogP contribution in [-0.4, -0.2) is 13.0 Å². The van der Waals surface area contributed by atoms with Crippen molar-refractivity contribution in [2.45, 2.75) is 18.7 Å². The predicted octanol–water partition coefficient (Wildman–Crippen LogP) is 4.66. The molecule has 0 aliphatic carbocycles. The monoisotopic (exact) mass is 404 g/mol. The van der Waals surface area contributed by atoms with Crippen molar-refractivity contribution in [2.75, 3.05) is 4.72 Å². The first-order valence-corrected chi connectivity index (χ1v) is 9.68. The summed E-state index contributed by atoms with van der Waals surface area (Å²) in [4.78, 5) is 0.233. The number of benzene rings is 2. The lowest BCUT2D eigenvalue weighted by molar-refractivity contribution is 0.601. The highest BCUT2D eigenvalue weighted by atomic mass is 79.9.